The first-order valence-corrected chi connectivity index (χ1v) is 5.01. The smallest absolute Gasteiger partial charge is 0.215 e. The van der Waals surface area contributed by atoms with Crippen molar-refractivity contribution >= 4 is 7.37 Å². The zero-order valence-corrected chi connectivity index (χ0v) is 6.84. The Bertz CT molecular complexity index is 200. The van der Waals surface area contributed by atoms with Gasteiger partial charge in [-0.1, -0.05) is 18.1 Å². The number of hydrogen-bond donors (Lipinski definition) is 1. The molecular weight excluding hydrogens is 147 g/mol. The second-order valence-corrected chi connectivity index (χ2v) is 4.33. The van der Waals surface area contributed by atoms with Gasteiger partial charge in [-0.05, 0) is 6.92 Å². The zero-order chi connectivity index (χ0) is 8.04. The molecule has 1 unspecified atom stereocenters. The van der Waals surface area contributed by atoms with Crippen LogP contribution in [0.5, 0.6) is 0 Å². The van der Waals surface area contributed by atoms with Crippen LogP contribution in [-0.2, 0) is 4.57 Å². The van der Waals surface area contributed by atoms with E-state index in [0.717, 1.165) is 0 Å². The highest BCUT2D eigenvalue weighted by Gasteiger charge is 2.12. The zero-order valence-electron chi connectivity index (χ0n) is 5.95. The molecule has 0 aromatic carbocycles. The lowest BCUT2D eigenvalue weighted by Gasteiger charge is -2.02. The number of terminal acetylenes is 1. The lowest BCUT2D eigenvalue weighted by atomic mass is 10.6. The van der Waals surface area contributed by atoms with Crippen LogP contribution in [0, 0.1) is 12.3 Å². The van der Waals surface area contributed by atoms with Crippen molar-refractivity contribution in [1.82, 2.24) is 0 Å². The second kappa shape index (κ2) is 4.33. The highest BCUT2D eigenvalue weighted by atomic mass is 31.2. The molecule has 0 saturated carbocycles. The molecule has 1 N–H and O–H groups in total. The van der Waals surface area contributed by atoms with E-state index >= 15 is 0 Å². The largest absolute Gasteiger partial charge is 0.343 e. The van der Waals surface area contributed by atoms with Crippen molar-refractivity contribution in [2.45, 2.75) is 6.92 Å². The molecule has 1 atom stereocenters. The van der Waals surface area contributed by atoms with Crippen LogP contribution < -0.4 is 0 Å². The Morgan fingerprint density at radius 2 is 2.40 bits per heavy atom. The molecule has 0 spiro atoms. The van der Waals surface area contributed by atoms with Gasteiger partial charge in [0.1, 0.15) is 0 Å². The van der Waals surface area contributed by atoms with Crippen molar-refractivity contribution in [3.05, 3.63) is 12.2 Å². The van der Waals surface area contributed by atoms with Crippen LogP contribution in [0.3, 0.4) is 0 Å². The summed E-state index contributed by atoms with van der Waals surface area (Å²) in [6.45, 7) is 1.80. The normalized spacial score (nSPS) is 16.5. The Balaban J connectivity index is 3.90. The highest BCUT2D eigenvalue weighted by Crippen LogP contribution is 2.39. The van der Waals surface area contributed by atoms with Crippen LogP contribution in [0.1, 0.15) is 6.92 Å². The van der Waals surface area contributed by atoms with E-state index in [2.05, 4.69) is 5.92 Å². The summed E-state index contributed by atoms with van der Waals surface area (Å²) in [4.78, 5) is 9.01. The molecule has 0 amide bonds. The van der Waals surface area contributed by atoms with Crippen molar-refractivity contribution < 1.29 is 9.46 Å². The van der Waals surface area contributed by atoms with Gasteiger partial charge in [-0.2, -0.15) is 0 Å². The van der Waals surface area contributed by atoms with Gasteiger partial charge in [-0.25, -0.2) is 0 Å². The summed E-state index contributed by atoms with van der Waals surface area (Å²) in [6, 6.07) is 0. The van der Waals surface area contributed by atoms with Gasteiger partial charge in [0.15, 0.2) is 0 Å². The van der Waals surface area contributed by atoms with Crippen molar-refractivity contribution in [3.63, 3.8) is 0 Å². The van der Waals surface area contributed by atoms with Crippen LogP contribution in [-0.4, -0.2) is 17.2 Å². The molecule has 0 aliphatic carbocycles. The first-order chi connectivity index (χ1) is 4.62. The second-order valence-electron chi connectivity index (χ2n) is 1.96. The van der Waals surface area contributed by atoms with Crippen LogP contribution in [0.15, 0.2) is 12.2 Å². The van der Waals surface area contributed by atoms with Gasteiger partial charge < -0.3 is 4.89 Å². The fourth-order valence-electron chi connectivity index (χ4n) is 0.477. The van der Waals surface area contributed by atoms with E-state index in [4.69, 9.17) is 11.3 Å². The van der Waals surface area contributed by atoms with Crippen molar-refractivity contribution in [2.24, 2.45) is 0 Å². The van der Waals surface area contributed by atoms with Gasteiger partial charge in [0.25, 0.3) is 0 Å². The summed E-state index contributed by atoms with van der Waals surface area (Å²) in [5, 5.41) is 0. The SMILES string of the molecule is C#CCP(=O)(O)CC=CC. The molecule has 0 aliphatic rings. The summed E-state index contributed by atoms with van der Waals surface area (Å²) in [6.07, 6.45) is 8.42. The molecule has 0 rings (SSSR count). The monoisotopic (exact) mass is 158 g/mol. The summed E-state index contributed by atoms with van der Waals surface area (Å²) < 4.78 is 10.9. The average Bonchev–Trinajstić information content (AvgIpc) is 1.84. The third-order valence-electron chi connectivity index (χ3n) is 0.965. The maximum Gasteiger partial charge on any atom is 0.215 e. The maximum atomic E-state index is 10.9. The molecule has 2 nitrogen and oxygen atoms in total. The predicted octanol–water partition coefficient (Wildman–Crippen LogP) is 1.47. The Labute approximate surface area is 61.4 Å². The number of allylic oxidation sites excluding steroid dienone is 2. The van der Waals surface area contributed by atoms with Crippen LogP contribution in [0.2, 0.25) is 0 Å². The highest BCUT2D eigenvalue weighted by molar-refractivity contribution is 7.58. The van der Waals surface area contributed by atoms with E-state index in [-0.39, 0.29) is 12.3 Å². The van der Waals surface area contributed by atoms with Crippen LogP contribution in [0.4, 0.5) is 0 Å². The first kappa shape index (κ1) is 9.49. The minimum Gasteiger partial charge on any atom is -0.343 e. The first-order valence-electron chi connectivity index (χ1n) is 2.98. The van der Waals surface area contributed by atoms with Crippen LogP contribution in [0.25, 0.3) is 0 Å². The van der Waals surface area contributed by atoms with E-state index in [1.54, 1.807) is 19.1 Å². The molecule has 56 valence electrons. The Morgan fingerprint density at radius 1 is 1.80 bits per heavy atom. The molecule has 0 saturated heterocycles. The quantitative estimate of drug-likeness (QED) is 0.383. The van der Waals surface area contributed by atoms with E-state index in [0.29, 0.717) is 0 Å². The fraction of sp³-hybridized carbons (Fsp3) is 0.429. The minimum absolute atomic E-state index is 0.0304. The van der Waals surface area contributed by atoms with Gasteiger partial charge in [0, 0.05) is 6.16 Å². The molecule has 0 fully saturated rings. The molecule has 10 heavy (non-hydrogen) atoms. The van der Waals surface area contributed by atoms with E-state index < -0.39 is 7.37 Å². The Hall–Kier alpha value is -0.510. The summed E-state index contributed by atoms with van der Waals surface area (Å²) in [5.41, 5.74) is 0. The van der Waals surface area contributed by atoms with Gasteiger partial charge >= 0.3 is 0 Å². The third kappa shape index (κ3) is 4.38. The molecule has 0 heterocycles. The van der Waals surface area contributed by atoms with E-state index in [9.17, 15) is 4.57 Å². The minimum atomic E-state index is -3.03. The van der Waals surface area contributed by atoms with E-state index in [1.165, 1.54) is 0 Å². The van der Waals surface area contributed by atoms with Gasteiger partial charge in [-0.3, -0.25) is 4.57 Å². The molecule has 3 heteroatoms. The standard InChI is InChI=1S/C7H11O2P/c1-3-5-7-10(8,9)6-4-2/h2-3,5H,6-7H2,1H3,(H,8,9). The predicted molar refractivity (Wildman–Crippen MR) is 43.2 cm³/mol. The molecular formula is C7H11O2P. The number of rotatable bonds is 3. The molecule has 0 aliphatic heterocycles. The third-order valence-corrected chi connectivity index (χ3v) is 2.42. The molecule has 0 aromatic rings. The Kier molecular flexibility index (Phi) is 4.11. The lowest BCUT2D eigenvalue weighted by molar-refractivity contribution is 0.485. The van der Waals surface area contributed by atoms with Gasteiger partial charge in [-0.15, -0.1) is 6.42 Å². The van der Waals surface area contributed by atoms with Gasteiger partial charge in [0.05, 0.1) is 6.16 Å². The van der Waals surface area contributed by atoms with Crippen molar-refractivity contribution in [1.29, 1.82) is 0 Å². The summed E-state index contributed by atoms with van der Waals surface area (Å²) in [5.74, 6) is 2.17. The molecule has 0 bridgehead atoms. The lowest BCUT2D eigenvalue weighted by Crippen LogP contribution is -1.88. The topological polar surface area (TPSA) is 37.3 Å². The van der Waals surface area contributed by atoms with Gasteiger partial charge in [0.2, 0.25) is 7.37 Å². The van der Waals surface area contributed by atoms with Crippen molar-refractivity contribution in [3.8, 4) is 12.3 Å². The maximum absolute atomic E-state index is 10.9. The molecule has 0 radical (unpaired) electrons. The summed E-state index contributed by atoms with van der Waals surface area (Å²) in [7, 11) is -3.03. The van der Waals surface area contributed by atoms with Crippen molar-refractivity contribution in [2.75, 3.05) is 12.3 Å². The fourth-order valence-corrected chi connectivity index (χ4v) is 1.43. The average molecular weight is 158 g/mol. The number of hydrogen-bond acceptors (Lipinski definition) is 1. The Morgan fingerprint density at radius 3 is 2.80 bits per heavy atom. The molecule has 0 aromatic heterocycles. The summed E-state index contributed by atoms with van der Waals surface area (Å²) >= 11 is 0. The van der Waals surface area contributed by atoms with Crippen LogP contribution >= 0.6 is 7.37 Å². The van der Waals surface area contributed by atoms with E-state index in [1.807, 2.05) is 0 Å².